The Labute approximate surface area is 159 Å². The number of nitrogens with zero attached hydrogens (tertiary/aromatic N) is 3. The largest absolute Gasteiger partial charge is 0.365 e. The normalized spacial score (nSPS) is 15.6. The molecule has 3 N–H and O–H groups in total. The predicted octanol–water partition coefficient (Wildman–Crippen LogP) is 1.10. The van der Waals surface area contributed by atoms with Crippen LogP contribution in [0.1, 0.15) is 23.2 Å². The van der Waals surface area contributed by atoms with Gasteiger partial charge in [-0.1, -0.05) is 6.07 Å². The minimum atomic E-state index is -3.55. The minimum Gasteiger partial charge on any atom is -0.365 e. The minimum absolute atomic E-state index is 0.0261. The topological polar surface area (TPSA) is 149 Å². The number of sulfonamides is 1. The van der Waals surface area contributed by atoms with Crippen LogP contribution in [0, 0.1) is 10.1 Å². The summed E-state index contributed by atoms with van der Waals surface area (Å²) in [7, 11) is -3.55. The van der Waals surface area contributed by atoms with Gasteiger partial charge in [-0.05, 0) is 24.3 Å². The van der Waals surface area contributed by atoms with Crippen molar-refractivity contribution in [3.05, 3.63) is 45.5 Å². The Kier molecular flexibility index (Phi) is 5.39. The van der Waals surface area contributed by atoms with Crippen LogP contribution in [0.4, 0.5) is 11.5 Å². The number of nitro groups is 1. The zero-order chi connectivity index (χ0) is 19.6. The lowest BCUT2D eigenvalue weighted by atomic mass is 10.1. The molecule has 0 aromatic carbocycles. The number of anilines is 1. The lowest BCUT2D eigenvalue weighted by Gasteiger charge is -2.33. The van der Waals surface area contributed by atoms with Crippen LogP contribution in [0.5, 0.6) is 0 Å². The first-order valence-corrected chi connectivity index (χ1v) is 10.4. The van der Waals surface area contributed by atoms with E-state index in [9.17, 15) is 23.3 Å². The number of piperidine rings is 1. The summed E-state index contributed by atoms with van der Waals surface area (Å²) >= 11 is 1.15. The lowest BCUT2D eigenvalue weighted by Crippen LogP contribution is -2.45. The third-order valence-electron chi connectivity index (χ3n) is 4.20. The predicted molar refractivity (Wildman–Crippen MR) is 99.3 cm³/mol. The maximum absolute atomic E-state index is 12.3. The van der Waals surface area contributed by atoms with Gasteiger partial charge in [-0.3, -0.25) is 14.9 Å². The molecular formula is C15H17N5O5S2. The van der Waals surface area contributed by atoms with Crippen LogP contribution < -0.4 is 15.4 Å². The van der Waals surface area contributed by atoms with Crippen LogP contribution in [0.15, 0.2) is 34.0 Å². The number of nitrogens with two attached hydrogens (primary N) is 1. The summed E-state index contributed by atoms with van der Waals surface area (Å²) in [5, 5.41) is 12.6. The molecule has 1 fully saturated rings. The quantitative estimate of drug-likeness (QED) is 0.534. The van der Waals surface area contributed by atoms with Crippen LogP contribution in [-0.4, -0.2) is 43.4 Å². The van der Waals surface area contributed by atoms with E-state index in [1.807, 2.05) is 0 Å². The fourth-order valence-electron chi connectivity index (χ4n) is 2.88. The van der Waals surface area contributed by atoms with Gasteiger partial charge in [-0.2, -0.15) is 0 Å². The van der Waals surface area contributed by atoms with Gasteiger partial charge >= 0.3 is 0 Å². The molecule has 1 aliphatic heterocycles. The Balaban J connectivity index is 1.71. The average Bonchev–Trinajstić information content (AvgIpc) is 3.17. The molecule has 0 bridgehead atoms. The van der Waals surface area contributed by atoms with E-state index in [2.05, 4.69) is 9.71 Å². The summed E-state index contributed by atoms with van der Waals surface area (Å²) in [5.41, 5.74) is 5.00. The summed E-state index contributed by atoms with van der Waals surface area (Å²) in [4.78, 5) is 27.7. The van der Waals surface area contributed by atoms with Gasteiger partial charge in [-0.15, -0.1) is 11.3 Å². The molecule has 3 heterocycles. The van der Waals surface area contributed by atoms with Crippen LogP contribution in [-0.2, 0) is 10.0 Å². The Hall–Kier alpha value is -2.57. The number of rotatable bonds is 6. The smallest absolute Gasteiger partial charge is 0.288 e. The van der Waals surface area contributed by atoms with E-state index in [0.717, 1.165) is 23.6 Å². The summed E-state index contributed by atoms with van der Waals surface area (Å²) < 4.78 is 27.6. The van der Waals surface area contributed by atoms with Crippen LogP contribution >= 0.6 is 11.3 Å². The standard InChI is InChI=1S/C15H17N5O5S2/c16-14(21)12-8-11(20(22)23)9-17-15(12)19-5-3-10(4-6-19)18-27(24,25)13-2-1-7-26-13/h1-2,7-10,18H,3-6H2,(H2,16,21). The molecule has 0 radical (unpaired) electrons. The van der Waals surface area contributed by atoms with Crippen molar-refractivity contribution in [3.8, 4) is 0 Å². The monoisotopic (exact) mass is 411 g/mol. The summed E-state index contributed by atoms with van der Waals surface area (Å²) in [6, 6.07) is 4.08. The van der Waals surface area contributed by atoms with Gasteiger partial charge in [0.1, 0.15) is 16.2 Å². The molecular weight excluding hydrogens is 394 g/mol. The second kappa shape index (κ2) is 7.58. The molecule has 0 saturated carbocycles. The highest BCUT2D eigenvalue weighted by atomic mass is 32.2. The zero-order valence-corrected chi connectivity index (χ0v) is 15.7. The van der Waals surface area contributed by atoms with Gasteiger partial charge < -0.3 is 10.6 Å². The molecule has 1 aliphatic rings. The Bertz CT molecular complexity index is 953. The van der Waals surface area contributed by atoms with Crippen molar-refractivity contribution in [2.24, 2.45) is 5.73 Å². The third-order valence-corrected chi connectivity index (χ3v) is 7.12. The maximum Gasteiger partial charge on any atom is 0.288 e. The molecule has 0 aliphatic carbocycles. The first kappa shape index (κ1) is 19.2. The van der Waals surface area contributed by atoms with Gasteiger partial charge in [0.05, 0.1) is 10.5 Å². The SMILES string of the molecule is NC(=O)c1cc([N+](=O)[O-])cnc1N1CCC(NS(=O)(=O)c2cccs2)CC1. The first-order chi connectivity index (χ1) is 12.8. The second-order valence-electron chi connectivity index (χ2n) is 6.00. The fraction of sp³-hybridized carbons (Fsp3) is 0.333. The number of carbonyl (C=O) groups is 1. The van der Waals surface area contributed by atoms with Crippen LogP contribution in [0.2, 0.25) is 0 Å². The maximum atomic E-state index is 12.3. The van der Waals surface area contributed by atoms with Gasteiger partial charge in [-0.25, -0.2) is 18.1 Å². The summed E-state index contributed by atoms with van der Waals surface area (Å²) in [6.07, 6.45) is 2.08. The molecule has 27 heavy (non-hydrogen) atoms. The number of hydrogen-bond donors (Lipinski definition) is 2. The van der Waals surface area contributed by atoms with E-state index >= 15 is 0 Å². The number of pyridine rings is 1. The number of hydrogen-bond acceptors (Lipinski definition) is 8. The number of nitrogens with one attached hydrogen (secondary N) is 1. The molecule has 0 spiro atoms. The van der Waals surface area contributed by atoms with Gasteiger partial charge in [0.25, 0.3) is 11.6 Å². The molecule has 144 valence electrons. The highest BCUT2D eigenvalue weighted by molar-refractivity contribution is 7.91. The average molecular weight is 411 g/mol. The summed E-state index contributed by atoms with van der Waals surface area (Å²) in [5.74, 6) is -0.533. The molecule has 3 rings (SSSR count). The molecule has 2 aromatic rings. The molecule has 0 unspecified atom stereocenters. The highest BCUT2D eigenvalue weighted by Crippen LogP contribution is 2.26. The van der Waals surface area contributed by atoms with Crippen molar-refractivity contribution in [2.45, 2.75) is 23.1 Å². The Morgan fingerprint density at radius 2 is 2.11 bits per heavy atom. The zero-order valence-electron chi connectivity index (χ0n) is 14.1. The van der Waals surface area contributed by atoms with E-state index in [4.69, 9.17) is 5.73 Å². The molecule has 2 aromatic heterocycles. The van der Waals surface area contributed by atoms with Crippen molar-refractivity contribution < 1.29 is 18.1 Å². The van der Waals surface area contributed by atoms with Crippen molar-refractivity contribution >= 4 is 38.8 Å². The van der Waals surface area contributed by atoms with E-state index < -0.39 is 20.9 Å². The Morgan fingerprint density at radius 3 is 2.67 bits per heavy atom. The number of amides is 1. The number of thiophene rings is 1. The van der Waals surface area contributed by atoms with E-state index in [1.165, 1.54) is 0 Å². The Morgan fingerprint density at radius 1 is 1.41 bits per heavy atom. The van der Waals surface area contributed by atoms with Crippen LogP contribution in [0.25, 0.3) is 0 Å². The van der Waals surface area contributed by atoms with Gasteiger partial charge in [0.2, 0.25) is 10.0 Å². The molecule has 1 amide bonds. The van der Waals surface area contributed by atoms with Crippen molar-refractivity contribution in [3.63, 3.8) is 0 Å². The number of carbonyl (C=O) groups excluding carboxylic acids is 1. The second-order valence-corrected chi connectivity index (χ2v) is 8.89. The van der Waals surface area contributed by atoms with E-state index in [-0.39, 0.29) is 27.3 Å². The molecule has 1 saturated heterocycles. The molecule has 10 nitrogen and oxygen atoms in total. The first-order valence-electron chi connectivity index (χ1n) is 8.03. The van der Waals surface area contributed by atoms with Crippen molar-refractivity contribution in [1.82, 2.24) is 9.71 Å². The summed E-state index contributed by atoms with van der Waals surface area (Å²) in [6.45, 7) is 0.867. The molecule has 12 heteroatoms. The van der Waals surface area contributed by atoms with E-state index in [0.29, 0.717) is 25.9 Å². The van der Waals surface area contributed by atoms with E-state index in [1.54, 1.807) is 22.4 Å². The highest BCUT2D eigenvalue weighted by Gasteiger charge is 2.28. The third kappa shape index (κ3) is 4.23. The van der Waals surface area contributed by atoms with Crippen LogP contribution in [0.3, 0.4) is 0 Å². The lowest BCUT2D eigenvalue weighted by molar-refractivity contribution is -0.385. The van der Waals surface area contributed by atoms with Crippen molar-refractivity contribution in [1.29, 1.82) is 0 Å². The number of aromatic nitrogens is 1. The van der Waals surface area contributed by atoms with Gasteiger partial charge in [0, 0.05) is 25.2 Å². The fourth-order valence-corrected chi connectivity index (χ4v) is 5.20. The van der Waals surface area contributed by atoms with Gasteiger partial charge in [0.15, 0.2) is 0 Å². The van der Waals surface area contributed by atoms with Crippen molar-refractivity contribution in [2.75, 3.05) is 18.0 Å². The number of primary amides is 1. The molecule has 0 atom stereocenters.